The molecule has 0 aliphatic carbocycles. The average Bonchev–Trinajstić information content (AvgIpc) is 2.51. The lowest BCUT2D eigenvalue weighted by atomic mass is 10.1. The van der Waals surface area contributed by atoms with Crippen LogP contribution in [0.5, 0.6) is 0 Å². The molecule has 2 amide bonds. The van der Waals surface area contributed by atoms with E-state index >= 15 is 0 Å². The second-order valence-corrected chi connectivity index (χ2v) is 4.05. The van der Waals surface area contributed by atoms with Crippen LogP contribution in [0.4, 0.5) is 11.4 Å². The van der Waals surface area contributed by atoms with Crippen molar-refractivity contribution in [3.63, 3.8) is 0 Å². The van der Waals surface area contributed by atoms with E-state index in [1.54, 1.807) is 0 Å². The van der Waals surface area contributed by atoms with Gasteiger partial charge in [-0.15, -0.1) is 12.4 Å². The van der Waals surface area contributed by atoms with Gasteiger partial charge in [-0.25, -0.2) is 4.79 Å². The van der Waals surface area contributed by atoms with Gasteiger partial charge in [-0.2, -0.15) is 0 Å². The highest BCUT2D eigenvalue weighted by Gasteiger charge is 2.16. The van der Waals surface area contributed by atoms with Gasteiger partial charge in [0.25, 0.3) is 5.69 Å². The number of non-ortho nitro benzene ring substituents is 1. The number of nitro benzene ring substituents is 1. The van der Waals surface area contributed by atoms with Gasteiger partial charge in [-0.05, 0) is 6.07 Å². The fourth-order valence-corrected chi connectivity index (χ4v) is 1.48. The molecule has 11 heteroatoms. The summed E-state index contributed by atoms with van der Waals surface area (Å²) in [5.74, 6) is -1.93. The second-order valence-electron chi connectivity index (χ2n) is 4.05. The molecule has 10 nitrogen and oxygen atoms in total. The van der Waals surface area contributed by atoms with Crippen LogP contribution in [0.15, 0.2) is 18.2 Å². The number of anilines is 1. The molecule has 0 radical (unpaired) electrons. The summed E-state index contributed by atoms with van der Waals surface area (Å²) in [6.45, 7) is -0.622. The number of hydrogen-bond donors (Lipinski definition) is 3. The summed E-state index contributed by atoms with van der Waals surface area (Å²) in [4.78, 5) is 44.1. The minimum atomic E-state index is -0.782. The van der Waals surface area contributed by atoms with Gasteiger partial charge < -0.3 is 21.1 Å². The van der Waals surface area contributed by atoms with Gasteiger partial charge in [0.05, 0.1) is 30.7 Å². The predicted molar refractivity (Wildman–Crippen MR) is 82.4 cm³/mol. The predicted octanol–water partition coefficient (Wildman–Crippen LogP) is -0.183. The number of nitro groups is 1. The normalized spacial score (nSPS) is 9.30. The number of methoxy groups -OCH3 is 1. The zero-order valence-electron chi connectivity index (χ0n) is 12.0. The van der Waals surface area contributed by atoms with Gasteiger partial charge in [-0.1, -0.05) is 0 Å². The molecule has 0 atom stereocenters. The number of halogens is 1. The third-order valence-electron chi connectivity index (χ3n) is 2.46. The Balaban J connectivity index is 0.00000484. The number of esters is 1. The van der Waals surface area contributed by atoms with E-state index in [4.69, 9.17) is 5.73 Å². The van der Waals surface area contributed by atoms with E-state index < -0.39 is 22.7 Å². The number of nitrogens with zero attached hydrogens (tertiary/aromatic N) is 1. The van der Waals surface area contributed by atoms with E-state index in [-0.39, 0.29) is 42.4 Å². The van der Waals surface area contributed by atoms with Crippen molar-refractivity contribution in [2.45, 2.75) is 0 Å². The number of hydrogen-bond acceptors (Lipinski definition) is 7. The Kier molecular flexibility index (Phi) is 8.23. The van der Waals surface area contributed by atoms with Crippen molar-refractivity contribution in [1.29, 1.82) is 0 Å². The maximum absolute atomic E-state index is 11.6. The molecule has 0 aliphatic rings. The molecule has 0 aromatic heterocycles. The Morgan fingerprint density at radius 3 is 2.43 bits per heavy atom. The van der Waals surface area contributed by atoms with Gasteiger partial charge in [0.1, 0.15) is 0 Å². The minimum Gasteiger partial charge on any atom is -0.465 e. The van der Waals surface area contributed by atoms with E-state index in [1.165, 1.54) is 6.07 Å². The van der Waals surface area contributed by atoms with E-state index in [0.29, 0.717) is 0 Å². The molecular weight excluding hydrogens is 332 g/mol. The van der Waals surface area contributed by atoms with Crippen LogP contribution >= 0.6 is 12.4 Å². The Morgan fingerprint density at radius 1 is 1.26 bits per heavy atom. The SMILES string of the molecule is COC(=O)c1cc(NC(=O)CNC(=O)CN)cc([N+](=O)[O-])c1.Cl. The van der Waals surface area contributed by atoms with Crippen molar-refractivity contribution >= 4 is 41.6 Å². The van der Waals surface area contributed by atoms with Crippen LogP contribution in [0.25, 0.3) is 0 Å². The summed E-state index contributed by atoms with van der Waals surface area (Å²) in [7, 11) is 1.13. The molecule has 1 aromatic rings. The van der Waals surface area contributed by atoms with Crippen LogP contribution in [0.1, 0.15) is 10.4 Å². The Bertz CT molecular complexity index is 622. The molecule has 1 aromatic carbocycles. The Hall–Kier alpha value is -2.72. The number of benzene rings is 1. The van der Waals surface area contributed by atoms with Crippen LogP contribution in [0, 0.1) is 10.1 Å². The van der Waals surface area contributed by atoms with Crippen LogP contribution in [-0.4, -0.2) is 42.9 Å². The standard InChI is InChI=1S/C12H14N4O6.ClH/c1-22-12(19)7-2-8(4-9(3-7)16(20)21)15-11(18)6-14-10(17)5-13;/h2-4H,5-6,13H2,1H3,(H,14,17)(H,15,18);1H. The van der Waals surface area contributed by atoms with Crippen molar-refractivity contribution < 1.29 is 24.0 Å². The largest absolute Gasteiger partial charge is 0.465 e. The third-order valence-corrected chi connectivity index (χ3v) is 2.46. The topological polar surface area (TPSA) is 154 Å². The van der Waals surface area contributed by atoms with Crippen molar-refractivity contribution in [3.8, 4) is 0 Å². The first kappa shape index (κ1) is 20.3. The lowest BCUT2D eigenvalue weighted by Gasteiger charge is -2.08. The lowest BCUT2D eigenvalue weighted by Crippen LogP contribution is -2.36. The monoisotopic (exact) mass is 346 g/mol. The molecule has 0 aliphatic heterocycles. The van der Waals surface area contributed by atoms with E-state index in [1.807, 2.05) is 0 Å². The Labute approximate surface area is 136 Å². The number of nitrogens with one attached hydrogen (secondary N) is 2. The summed E-state index contributed by atoms with van der Waals surface area (Å²) in [6, 6.07) is 3.33. The summed E-state index contributed by atoms with van der Waals surface area (Å²) >= 11 is 0. The third kappa shape index (κ3) is 6.28. The average molecular weight is 347 g/mol. The molecule has 126 valence electrons. The first-order chi connectivity index (χ1) is 10.4. The molecule has 1 rings (SSSR count). The zero-order chi connectivity index (χ0) is 16.7. The lowest BCUT2D eigenvalue weighted by molar-refractivity contribution is -0.384. The van der Waals surface area contributed by atoms with Crippen molar-refractivity contribution in [1.82, 2.24) is 5.32 Å². The molecule has 0 saturated carbocycles. The van der Waals surface area contributed by atoms with Crippen LogP contribution < -0.4 is 16.4 Å². The van der Waals surface area contributed by atoms with E-state index in [0.717, 1.165) is 19.2 Å². The van der Waals surface area contributed by atoms with Gasteiger partial charge in [0.2, 0.25) is 11.8 Å². The van der Waals surface area contributed by atoms with Crippen LogP contribution in [0.3, 0.4) is 0 Å². The van der Waals surface area contributed by atoms with Crippen molar-refractivity contribution in [2.24, 2.45) is 5.73 Å². The molecular formula is C12H15ClN4O6. The number of carbonyl (C=O) groups excluding carboxylic acids is 3. The number of ether oxygens (including phenoxy) is 1. The van der Waals surface area contributed by atoms with Gasteiger partial charge >= 0.3 is 5.97 Å². The second kappa shape index (κ2) is 9.33. The van der Waals surface area contributed by atoms with Crippen molar-refractivity contribution in [2.75, 3.05) is 25.5 Å². The first-order valence-corrected chi connectivity index (χ1v) is 6.01. The number of amides is 2. The highest BCUT2D eigenvalue weighted by Crippen LogP contribution is 2.21. The molecule has 0 heterocycles. The molecule has 0 bridgehead atoms. The molecule has 4 N–H and O–H groups in total. The maximum atomic E-state index is 11.6. The van der Waals surface area contributed by atoms with Gasteiger partial charge in [0, 0.05) is 17.8 Å². The number of nitrogens with two attached hydrogens (primary N) is 1. The fraction of sp³-hybridized carbons (Fsp3) is 0.250. The fourth-order valence-electron chi connectivity index (χ4n) is 1.48. The highest BCUT2D eigenvalue weighted by molar-refractivity contribution is 5.97. The van der Waals surface area contributed by atoms with Gasteiger partial charge in [-0.3, -0.25) is 19.7 Å². The number of rotatable bonds is 6. The highest BCUT2D eigenvalue weighted by atomic mass is 35.5. The molecule has 0 fully saturated rings. The summed E-state index contributed by atoms with van der Waals surface area (Å²) < 4.78 is 4.48. The summed E-state index contributed by atoms with van der Waals surface area (Å²) in [6.07, 6.45) is 0. The summed E-state index contributed by atoms with van der Waals surface area (Å²) in [5.41, 5.74) is 4.62. The first-order valence-electron chi connectivity index (χ1n) is 6.01. The quantitative estimate of drug-likeness (QED) is 0.366. The van der Waals surface area contributed by atoms with E-state index in [2.05, 4.69) is 15.4 Å². The smallest absolute Gasteiger partial charge is 0.338 e. The van der Waals surface area contributed by atoms with Crippen LogP contribution in [-0.2, 0) is 14.3 Å². The molecule has 0 spiro atoms. The Morgan fingerprint density at radius 2 is 1.91 bits per heavy atom. The van der Waals surface area contributed by atoms with E-state index in [9.17, 15) is 24.5 Å². The summed E-state index contributed by atoms with van der Waals surface area (Å²) in [5, 5.41) is 15.4. The number of carbonyl (C=O) groups is 3. The molecule has 23 heavy (non-hydrogen) atoms. The minimum absolute atomic E-state index is 0. The van der Waals surface area contributed by atoms with Crippen molar-refractivity contribution in [3.05, 3.63) is 33.9 Å². The zero-order valence-corrected chi connectivity index (χ0v) is 12.8. The maximum Gasteiger partial charge on any atom is 0.338 e. The molecule has 0 saturated heterocycles. The molecule has 0 unspecified atom stereocenters. The van der Waals surface area contributed by atoms with Crippen LogP contribution in [0.2, 0.25) is 0 Å². The van der Waals surface area contributed by atoms with Gasteiger partial charge in [0.15, 0.2) is 0 Å².